The number of hydrogen-bond acceptors (Lipinski definition) is 3. The van der Waals surface area contributed by atoms with Gasteiger partial charge in [-0.1, -0.05) is 15.9 Å². The molecule has 96 valence electrons. The fraction of sp³-hybridized carbons (Fsp3) is 0.308. The largest absolute Gasteiger partial charge is 0.302 e. The SMILES string of the molecule is CC(C)(NCc1cc(F)cc(Br)c1)c1nccs1. The van der Waals surface area contributed by atoms with Crippen LogP contribution in [0.1, 0.15) is 24.4 Å². The molecule has 1 aromatic carbocycles. The minimum Gasteiger partial charge on any atom is -0.302 e. The number of aromatic nitrogens is 1. The Labute approximate surface area is 118 Å². The van der Waals surface area contributed by atoms with Gasteiger partial charge >= 0.3 is 0 Å². The van der Waals surface area contributed by atoms with Crippen LogP contribution >= 0.6 is 27.3 Å². The Morgan fingerprint density at radius 1 is 1.39 bits per heavy atom. The number of rotatable bonds is 4. The Bertz CT molecular complexity index is 506. The maximum atomic E-state index is 13.3. The number of benzene rings is 1. The summed E-state index contributed by atoms with van der Waals surface area (Å²) in [6.45, 7) is 4.74. The second kappa shape index (κ2) is 5.47. The molecule has 0 unspecified atom stereocenters. The summed E-state index contributed by atoms with van der Waals surface area (Å²) in [4.78, 5) is 4.31. The van der Waals surface area contributed by atoms with Crippen LogP contribution in [0.4, 0.5) is 4.39 Å². The van der Waals surface area contributed by atoms with E-state index in [9.17, 15) is 4.39 Å². The van der Waals surface area contributed by atoms with Crippen LogP contribution in [0.2, 0.25) is 0 Å². The molecule has 1 heterocycles. The molecule has 0 aliphatic carbocycles. The van der Waals surface area contributed by atoms with Crippen molar-refractivity contribution in [3.05, 3.63) is 50.6 Å². The summed E-state index contributed by atoms with van der Waals surface area (Å²) in [6, 6.07) is 4.90. The van der Waals surface area contributed by atoms with Gasteiger partial charge in [0.2, 0.25) is 0 Å². The third-order valence-corrected chi connectivity index (χ3v) is 4.18. The van der Waals surface area contributed by atoms with Crippen LogP contribution in [0.3, 0.4) is 0 Å². The Kier molecular flexibility index (Phi) is 4.14. The second-order valence-corrected chi connectivity index (χ2v) is 6.40. The Hall–Kier alpha value is -0.780. The topological polar surface area (TPSA) is 24.9 Å². The number of halogens is 2. The van der Waals surface area contributed by atoms with Crippen LogP contribution < -0.4 is 5.32 Å². The van der Waals surface area contributed by atoms with E-state index in [1.54, 1.807) is 17.5 Å². The highest BCUT2D eigenvalue weighted by Gasteiger charge is 2.22. The van der Waals surface area contributed by atoms with Crippen molar-refractivity contribution >= 4 is 27.3 Å². The first-order valence-corrected chi connectivity index (χ1v) is 7.24. The van der Waals surface area contributed by atoms with E-state index < -0.39 is 0 Å². The van der Waals surface area contributed by atoms with Gasteiger partial charge in [0, 0.05) is 22.6 Å². The van der Waals surface area contributed by atoms with Crippen molar-refractivity contribution in [2.75, 3.05) is 0 Å². The van der Waals surface area contributed by atoms with Crippen LogP contribution in [0.15, 0.2) is 34.2 Å². The van der Waals surface area contributed by atoms with E-state index in [-0.39, 0.29) is 11.4 Å². The van der Waals surface area contributed by atoms with Crippen molar-refractivity contribution in [3.8, 4) is 0 Å². The second-order valence-electron chi connectivity index (χ2n) is 4.59. The number of nitrogens with zero attached hydrogens (tertiary/aromatic N) is 1. The number of nitrogens with one attached hydrogen (secondary N) is 1. The normalized spacial score (nSPS) is 11.8. The molecule has 0 aliphatic heterocycles. The Morgan fingerprint density at radius 2 is 2.17 bits per heavy atom. The Balaban J connectivity index is 2.07. The summed E-state index contributed by atoms with van der Waals surface area (Å²) in [5, 5.41) is 6.37. The fourth-order valence-corrected chi connectivity index (χ4v) is 2.90. The summed E-state index contributed by atoms with van der Waals surface area (Å²) < 4.78 is 14.0. The van der Waals surface area contributed by atoms with Gasteiger partial charge in [0.1, 0.15) is 10.8 Å². The molecule has 0 saturated heterocycles. The molecule has 0 radical (unpaired) electrons. The van der Waals surface area contributed by atoms with Gasteiger partial charge in [0.05, 0.1) is 5.54 Å². The molecular weight excluding hydrogens is 315 g/mol. The van der Waals surface area contributed by atoms with Crippen LogP contribution in [0, 0.1) is 5.82 Å². The first-order chi connectivity index (χ1) is 8.47. The van der Waals surface area contributed by atoms with E-state index in [1.165, 1.54) is 12.1 Å². The fourth-order valence-electron chi connectivity index (χ4n) is 1.64. The van der Waals surface area contributed by atoms with E-state index in [4.69, 9.17) is 0 Å². The molecule has 0 fully saturated rings. The van der Waals surface area contributed by atoms with E-state index in [0.717, 1.165) is 15.0 Å². The van der Waals surface area contributed by atoms with Gasteiger partial charge in [-0.25, -0.2) is 9.37 Å². The van der Waals surface area contributed by atoms with Gasteiger partial charge in [0.25, 0.3) is 0 Å². The molecule has 0 aliphatic rings. The van der Waals surface area contributed by atoms with Gasteiger partial charge in [-0.15, -0.1) is 11.3 Å². The third kappa shape index (κ3) is 3.37. The summed E-state index contributed by atoms with van der Waals surface area (Å²) in [5.41, 5.74) is 0.693. The average Bonchev–Trinajstić information content (AvgIpc) is 2.79. The summed E-state index contributed by atoms with van der Waals surface area (Å²) in [5.74, 6) is -0.228. The predicted molar refractivity (Wildman–Crippen MR) is 76.1 cm³/mol. The van der Waals surface area contributed by atoms with E-state index in [2.05, 4.69) is 40.1 Å². The zero-order chi connectivity index (χ0) is 13.2. The quantitative estimate of drug-likeness (QED) is 0.915. The van der Waals surface area contributed by atoms with Gasteiger partial charge in [-0.05, 0) is 37.6 Å². The van der Waals surface area contributed by atoms with Crippen LogP contribution in [0.25, 0.3) is 0 Å². The van der Waals surface area contributed by atoms with Crippen LogP contribution in [-0.2, 0) is 12.1 Å². The van der Waals surface area contributed by atoms with Crippen molar-refractivity contribution in [2.24, 2.45) is 0 Å². The van der Waals surface area contributed by atoms with Crippen molar-refractivity contribution < 1.29 is 4.39 Å². The summed E-state index contributed by atoms with van der Waals surface area (Å²) >= 11 is 4.91. The molecule has 1 N–H and O–H groups in total. The van der Waals surface area contributed by atoms with E-state index in [1.807, 2.05) is 11.4 Å². The number of thiazole rings is 1. The Morgan fingerprint density at radius 3 is 2.78 bits per heavy atom. The van der Waals surface area contributed by atoms with Gasteiger partial charge in [-0.2, -0.15) is 0 Å². The standard InChI is InChI=1S/C13H14BrFN2S/c1-13(2,12-16-3-4-18-12)17-8-9-5-10(14)7-11(15)6-9/h3-7,17H,8H2,1-2H3. The highest BCUT2D eigenvalue weighted by atomic mass is 79.9. The molecule has 2 aromatic rings. The van der Waals surface area contributed by atoms with Crippen LogP contribution in [0.5, 0.6) is 0 Å². The van der Waals surface area contributed by atoms with E-state index >= 15 is 0 Å². The highest BCUT2D eigenvalue weighted by Crippen LogP contribution is 2.23. The van der Waals surface area contributed by atoms with Gasteiger partial charge in [0.15, 0.2) is 0 Å². The van der Waals surface area contributed by atoms with Crippen molar-refractivity contribution in [1.82, 2.24) is 10.3 Å². The molecular formula is C13H14BrFN2S. The smallest absolute Gasteiger partial charge is 0.124 e. The summed E-state index contributed by atoms with van der Waals surface area (Å²) in [6.07, 6.45) is 1.79. The molecule has 0 atom stereocenters. The average molecular weight is 329 g/mol. The zero-order valence-electron chi connectivity index (χ0n) is 10.2. The third-order valence-electron chi connectivity index (χ3n) is 2.62. The maximum Gasteiger partial charge on any atom is 0.124 e. The molecule has 18 heavy (non-hydrogen) atoms. The highest BCUT2D eigenvalue weighted by molar-refractivity contribution is 9.10. The van der Waals surface area contributed by atoms with Crippen molar-refractivity contribution in [2.45, 2.75) is 25.9 Å². The van der Waals surface area contributed by atoms with Gasteiger partial charge < -0.3 is 5.32 Å². The lowest BCUT2D eigenvalue weighted by molar-refractivity contribution is 0.399. The number of hydrogen-bond donors (Lipinski definition) is 1. The van der Waals surface area contributed by atoms with Crippen molar-refractivity contribution in [1.29, 1.82) is 0 Å². The lowest BCUT2D eigenvalue weighted by atomic mass is 10.1. The van der Waals surface area contributed by atoms with E-state index in [0.29, 0.717) is 6.54 Å². The minimum absolute atomic E-state index is 0.215. The first kappa shape index (κ1) is 13.6. The predicted octanol–water partition coefficient (Wildman–Crippen LogP) is 4.07. The minimum atomic E-state index is -0.228. The molecule has 5 heteroatoms. The molecule has 1 aromatic heterocycles. The maximum absolute atomic E-state index is 13.3. The first-order valence-electron chi connectivity index (χ1n) is 5.57. The molecule has 0 bridgehead atoms. The zero-order valence-corrected chi connectivity index (χ0v) is 12.6. The van der Waals surface area contributed by atoms with Gasteiger partial charge in [-0.3, -0.25) is 0 Å². The monoisotopic (exact) mass is 328 g/mol. The molecule has 2 rings (SSSR count). The molecule has 0 amide bonds. The van der Waals surface area contributed by atoms with Crippen LogP contribution in [-0.4, -0.2) is 4.98 Å². The lowest BCUT2D eigenvalue weighted by Gasteiger charge is -2.24. The summed E-state index contributed by atoms with van der Waals surface area (Å²) in [7, 11) is 0. The molecule has 0 spiro atoms. The lowest BCUT2D eigenvalue weighted by Crippen LogP contribution is -2.35. The molecule has 0 saturated carbocycles. The molecule has 2 nitrogen and oxygen atoms in total. The van der Waals surface area contributed by atoms with Crippen molar-refractivity contribution in [3.63, 3.8) is 0 Å².